The molecule has 4 aromatic rings. The molecule has 2 heterocycles. The molecule has 0 aliphatic rings. The van der Waals surface area contributed by atoms with E-state index in [4.69, 9.17) is 4.52 Å². The lowest BCUT2D eigenvalue weighted by Gasteiger charge is -2.21. The van der Waals surface area contributed by atoms with Gasteiger partial charge in [0.25, 0.3) is 0 Å². The lowest BCUT2D eigenvalue weighted by Crippen LogP contribution is -2.21. The number of nitrogens with zero attached hydrogens (tertiary/aromatic N) is 6. The molecule has 2 aromatic heterocycles. The molecule has 0 saturated heterocycles. The van der Waals surface area contributed by atoms with Crippen molar-refractivity contribution in [3.63, 3.8) is 0 Å². The summed E-state index contributed by atoms with van der Waals surface area (Å²) in [5.41, 5.74) is 3.19. The van der Waals surface area contributed by atoms with Gasteiger partial charge in [-0.1, -0.05) is 47.3 Å². The fourth-order valence-electron chi connectivity index (χ4n) is 3.25. The summed E-state index contributed by atoms with van der Waals surface area (Å²) in [6.45, 7) is 6.30. The third-order valence-electron chi connectivity index (χ3n) is 4.91. The van der Waals surface area contributed by atoms with Gasteiger partial charge in [0.15, 0.2) is 11.0 Å². The Hall–Kier alpha value is -3.13. The van der Waals surface area contributed by atoms with Crippen molar-refractivity contribution in [3.8, 4) is 22.8 Å². The van der Waals surface area contributed by atoms with Crippen molar-refractivity contribution in [2.75, 3.05) is 18.0 Å². The summed E-state index contributed by atoms with van der Waals surface area (Å²) >= 11 is 1.52. The standard InChI is InChI=1S/C22H24N6OS/c1-4-28(5-2)18-13-11-17(12-14-18)21-24-25-22(27(21)3)30-15-19-23-20(26-29-19)16-9-7-6-8-10-16/h6-14H,4-5,15H2,1-3H3. The van der Waals surface area contributed by atoms with Gasteiger partial charge in [-0.2, -0.15) is 4.98 Å². The fraction of sp³-hybridized carbons (Fsp3) is 0.273. The van der Waals surface area contributed by atoms with Crippen LogP contribution in [0.3, 0.4) is 0 Å². The molecule has 0 unspecified atom stereocenters. The molecule has 0 N–H and O–H groups in total. The van der Waals surface area contributed by atoms with E-state index >= 15 is 0 Å². The number of thioether (sulfide) groups is 1. The van der Waals surface area contributed by atoms with Crippen molar-refractivity contribution >= 4 is 17.4 Å². The Morgan fingerprint density at radius 1 is 0.933 bits per heavy atom. The Kier molecular flexibility index (Phi) is 6.13. The van der Waals surface area contributed by atoms with Gasteiger partial charge in [0.2, 0.25) is 11.7 Å². The van der Waals surface area contributed by atoms with Crippen LogP contribution in [0.2, 0.25) is 0 Å². The molecule has 4 rings (SSSR count). The summed E-state index contributed by atoms with van der Waals surface area (Å²) in [5, 5.41) is 13.6. The second-order valence-corrected chi connectivity index (χ2v) is 7.69. The second kappa shape index (κ2) is 9.13. The predicted molar refractivity (Wildman–Crippen MR) is 119 cm³/mol. The molecule has 7 nitrogen and oxygen atoms in total. The molecule has 0 saturated carbocycles. The molecule has 0 radical (unpaired) electrons. The van der Waals surface area contributed by atoms with Gasteiger partial charge >= 0.3 is 0 Å². The average molecular weight is 421 g/mol. The highest BCUT2D eigenvalue weighted by Gasteiger charge is 2.14. The molecular formula is C22H24N6OS. The second-order valence-electron chi connectivity index (χ2n) is 6.75. The minimum atomic E-state index is 0.534. The van der Waals surface area contributed by atoms with E-state index in [9.17, 15) is 0 Å². The highest BCUT2D eigenvalue weighted by molar-refractivity contribution is 7.98. The lowest BCUT2D eigenvalue weighted by molar-refractivity contribution is 0.391. The van der Waals surface area contributed by atoms with Gasteiger partial charge in [-0.25, -0.2) is 0 Å². The van der Waals surface area contributed by atoms with Crippen LogP contribution >= 0.6 is 11.8 Å². The summed E-state index contributed by atoms with van der Waals surface area (Å²) in [6, 6.07) is 18.2. The van der Waals surface area contributed by atoms with E-state index in [-0.39, 0.29) is 0 Å². The lowest BCUT2D eigenvalue weighted by atomic mass is 10.2. The van der Waals surface area contributed by atoms with Crippen LogP contribution in [0.5, 0.6) is 0 Å². The summed E-state index contributed by atoms with van der Waals surface area (Å²) in [4.78, 5) is 6.79. The Morgan fingerprint density at radius 3 is 2.37 bits per heavy atom. The molecule has 30 heavy (non-hydrogen) atoms. The maximum atomic E-state index is 5.38. The van der Waals surface area contributed by atoms with E-state index in [1.165, 1.54) is 17.4 Å². The first kappa shape index (κ1) is 20.2. The largest absolute Gasteiger partial charge is 0.372 e. The van der Waals surface area contributed by atoms with E-state index < -0.39 is 0 Å². The van der Waals surface area contributed by atoms with Crippen molar-refractivity contribution in [2.45, 2.75) is 24.8 Å². The van der Waals surface area contributed by atoms with Gasteiger partial charge in [-0.05, 0) is 38.1 Å². The van der Waals surface area contributed by atoms with Crippen LogP contribution < -0.4 is 4.90 Å². The third-order valence-corrected chi connectivity index (χ3v) is 5.92. The van der Waals surface area contributed by atoms with E-state index in [1.54, 1.807) is 0 Å². The highest BCUT2D eigenvalue weighted by atomic mass is 32.2. The molecule has 8 heteroatoms. The molecule has 0 amide bonds. The van der Waals surface area contributed by atoms with Crippen molar-refractivity contribution in [3.05, 3.63) is 60.5 Å². The molecule has 0 bridgehead atoms. The van der Waals surface area contributed by atoms with Crippen molar-refractivity contribution in [1.29, 1.82) is 0 Å². The van der Waals surface area contributed by atoms with Crippen LogP contribution in [0.4, 0.5) is 5.69 Å². The van der Waals surface area contributed by atoms with E-state index in [2.05, 4.69) is 63.4 Å². The first-order chi connectivity index (χ1) is 14.7. The molecule has 2 aromatic carbocycles. The fourth-order valence-corrected chi connectivity index (χ4v) is 3.99. The summed E-state index contributed by atoms with van der Waals surface area (Å²) in [7, 11) is 1.97. The van der Waals surface area contributed by atoms with Crippen molar-refractivity contribution < 1.29 is 4.52 Å². The maximum Gasteiger partial charge on any atom is 0.237 e. The van der Waals surface area contributed by atoms with Gasteiger partial charge in [-0.3, -0.25) is 0 Å². The smallest absolute Gasteiger partial charge is 0.237 e. The van der Waals surface area contributed by atoms with Crippen LogP contribution in [0.25, 0.3) is 22.8 Å². The Morgan fingerprint density at radius 2 is 1.67 bits per heavy atom. The molecule has 0 fully saturated rings. The van der Waals surface area contributed by atoms with Crippen LogP contribution in [0.15, 0.2) is 64.3 Å². The highest BCUT2D eigenvalue weighted by Crippen LogP contribution is 2.27. The van der Waals surface area contributed by atoms with E-state index in [0.717, 1.165) is 35.2 Å². The molecular weight excluding hydrogens is 396 g/mol. The van der Waals surface area contributed by atoms with Gasteiger partial charge in [0.1, 0.15) is 0 Å². The molecule has 0 spiro atoms. The number of hydrogen-bond acceptors (Lipinski definition) is 7. The zero-order chi connectivity index (χ0) is 20.9. The zero-order valence-electron chi connectivity index (χ0n) is 17.3. The summed E-state index contributed by atoms with van der Waals surface area (Å²) in [6.07, 6.45) is 0. The van der Waals surface area contributed by atoms with Gasteiger partial charge in [0.05, 0.1) is 5.75 Å². The number of rotatable bonds is 8. The van der Waals surface area contributed by atoms with Crippen LogP contribution in [0.1, 0.15) is 19.7 Å². The molecule has 0 aliphatic carbocycles. The van der Waals surface area contributed by atoms with Crippen LogP contribution in [-0.2, 0) is 12.8 Å². The average Bonchev–Trinajstić information content (AvgIpc) is 3.41. The maximum absolute atomic E-state index is 5.38. The SMILES string of the molecule is CCN(CC)c1ccc(-c2nnc(SCc3nc(-c4ccccc4)no3)n2C)cc1. The molecule has 0 atom stereocenters. The quantitative estimate of drug-likeness (QED) is 0.384. The van der Waals surface area contributed by atoms with Crippen LogP contribution in [-0.4, -0.2) is 38.0 Å². The molecule has 0 aliphatic heterocycles. The van der Waals surface area contributed by atoms with E-state index in [1.807, 2.05) is 41.9 Å². The van der Waals surface area contributed by atoms with Crippen LogP contribution in [0, 0.1) is 0 Å². The Bertz CT molecular complexity index is 1090. The number of aromatic nitrogens is 5. The minimum absolute atomic E-state index is 0.534. The Labute approximate surface area is 180 Å². The molecule has 154 valence electrons. The van der Waals surface area contributed by atoms with Gasteiger partial charge < -0.3 is 14.0 Å². The zero-order valence-corrected chi connectivity index (χ0v) is 18.1. The number of benzene rings is 2. The summed E-state index contributed by atoms with van der Waals surface area (Å²) in [5.74, 6) is 2.52. The van der Waals surface area contributed by atoms with Gasteiger partial charge in [-0.15, -0.1) is 10.2 Å². The minimum Gasteiger partial charge on any atom is -0.372 e. The predicted octanol–water partition coefficient (Wildman–Crippen LogP) is 4.67. The first-order valence-corrected chi connectivity index (χ1v) is 10.9. The first-order valence-electron chi connectivity index (χ1n) is 9.95. The summed E-state index contributed by atoms with van der Waals surface area (Å²) < 4.78 is 7.38. The topological polar surface area (TPSA) is 72.9 Å². The number of anilines is 1. The third kappa shape index (κ3) is 4.23. The van der Waals surface area contributed by atoms with Crippen molar-refractivity contribution in [1.82, 2.24) is 24.9 Å². The van der Waals surface area contributed by atoms with Gasteiger partial charge in [0, 0.05) is 37.0 Å². The Balaban J connectivity index is 1.44. The normalized spacial score (nSPS) is 11.0. The van der Waals surface area contributed by atoms with E-state index in [0.29, 0.717) is 17.5 Å². The van der Waals surface area contributed by atoms with Crippen molar-refractivity contribution in [2.24, 2.45) is 7.05 Å². The number of hydrogen-bond donors (Lipinski definition) is 0. The monoisotopic (exact) mass is 420 g/mol.